The smallest absolute Gasteiger partial charge is 0.307 e. The highest BCUT2D eigenvalue weighted by Gasteiger charge is 2.10. The molecule has 0 heterocycles. The molecular weight excluding hydrogens is 358 g/mol. The molecule has 108 valence electrons. The minimum atomic E-state index is -0.572. The maximum Gasteiger partial charge on any atom is 0.337 e. The van der Waals surface area contributed by atoms with Crippen LogP contribution >= 0.6 is 27.5 Å². The van der Waals surface area contributed by atoms with Gasteiger partial charge in [-0.05, 0) is 46.3 Å². The average molecular weight is 369 g/mol. The summed E-state index contributed by atoms with van der Waals surface area (Å²) in [5.41, 5.74) is 5.51. The first-order valence-corrected chi connectivity index (χ1v) is 7.11. The predicted molar refractivity (Wildman–Crippen MR) is 85.2 cm³/mol. The molecule has 7 heteroatoms. The van der Waals surface area contributed by atoms with Crippen LogP contribution in [-0.4, -0.2) is 11.9 Å². The molecule has 3 amide bonds. The number of amides is 3. The van der Waals surface area contributed by atoms with Crippen LogP contribution in [0.4, 0.5) is 10.5 Å². The summed E-state index contributed by atoms with van der Waals surface area (Å²) in [7, 11) is 0. The van der Waals surface area contributed by atoms with Gasteiger partial charge < -0.3 is 5.32 Å². The van der Waals surface area contributed by atoms with E-state index in [0.29, 0.717) is 20.7 Å². The van der Waals surface area contributed by atoms with Crippen LogP contribution in [0.25, 0.3) is 0 Å². The van der Waals surface area contributed by atoms with E-state index in [9.17, 15) is 9.59 Å². The number of nitrogens with one attached hydrogen (secondary N) is 3. The number of hydrogen-bond acceptors (Lipinski definition) is 2. The molecule has 2 aromatic rings. The van der Waals surface area contributed by atoms with Crippen molar-refractivity contribution in [1.82, 2.24) is 10.9 Å². The Hall–Kier alpha value is -2.05. The van der Waals surface area contributed by atoms with Gasteiger partial charge in [0.25, 0.3) is 5.91 Å². The molecule has 0 aliphatic heterocycles. The lowest BCUT2D eigenvalue weighted by atomic mass is 10.2. The van der Waals surface area contributed by atoms with Crippen molar-refractivity contribution in [1.29, 1.82) is 0 Å². The first-order valence-electron chi connectivity index (χ1n) is 5.93. The minimum Gasteiger partial charge on any atom is -0.307 e. The third kappa shape index (κ3) is 4.47. The van der Waals surface area contributed by atoms with Gasteiger partial charge in [0.15, 0.2) is 0 Å². The lowest BCUT2D eigenvalue weighted by molar-refractivity contribution is 0.0937. The molecule has 21 heavy (non-hydrogen) atoms. The summed E-state index contributed by atoms with van der Waals surface area (Å²) in [5.74, 6) is -0.427. The molecule has 2 rings (SSSR count). The van der Waals surface area contributed by atoms with Gasteiger partial charge in [0.1, 0.15) is 0 Å². The van der Waals surface area contributed by atoms with E-state index in [0.717, 1.165) is 0 Å². The second kappa shape index (κ2) is 7.10. The van der Waals surface area contributed by atoms with Gasteiger partial charge in [-0.1, -0.05) is 29.8 Å². The summed E-state index contributed by atoms with van der Waals surface area (Å²) < 4.78 is 0.638. The Morgan fingerprint density at radius 1 is 1.00 bits per heavy atom. The Balaban J connectivity index is 1.90. The molecular formula is C14H11BrClN3O2. The van der Waals surface area contributed by atoms with Crippen molar-refractivity contribution in [3.63, 3.8) is 0 Å². The summed E-state index contributed by atoms with van der Waals surface area (Å²) in [4.78, 5) is 23.5. The van der Waals surface area contributed by atoms with Crippen LogP contribution in [0.15, 0.2) is 53.0 Å². The zero-order valence-electron chi connectivity index (χ0n) is 10.7. The van der Waals surface area contributed by atoms with E-state index >= 15 is 0 Å². The highest BCUT2D eigenvalue weighted by Crippen LogP contribution is 2.15. The Bertz CT molecular complexity index is 679. The van der Waals surface area contributed by atoms with E-state index in [1.807, 2.05) is 0 Å². The van der Waals surface area contributed by atoms with Crippen molar-refractivity contribution in [2.45, 2.75) is 0 Å². The molecule has 0 spiro atoms. The van der Waals surface area contributed by atoms with Gasteiger partial charge in [-0.3, -0.25) is 10.2 Å². The summed E-state index contributed by atoms with van der Waals surface area (Å²) in [6, 6.07) is 13.0. The van der Waals surface area contributed by atoms with Crippen molar-refractivity contribution in [3.8, 4) is 0 Å². The maximum absolute atomic E-state index is 11.9. The Kier molecular flexibility index (Phi) is 5.19. The van der Waals surface area contributed by atoms with Crippen LogP contribution in [0.5, 0.6) is 0 Å². The van der Waals surface area contributed by atoms with Crippen LogP contribution in [0.2, 0.25) is 5.02 Å². The Labute approximate surface area is 134 Å². The van der Waals surface area contributed by atoms with E-state index in [2.05, 4.69) is 32.1 Å². The average Bonchev–Trinajstić information content (AvgIpc) is 2.45. The molecule has 0 aliphatic rings. The predicted octanol–water partition coefficient (Wildman–Crippen LogP) is 3.57. The zero-order valence-corrected chi connectivity index (χ0v) is 13.0. The first kappa shape index (κ1) is 15.3. The number of carbonyl (C=O) groups is 2. The monoisotopic (exact) mass is 367 g/mol. The fourth-order valence-electron chi connectivity index (χ4n) is 1.55. The summed E-state index contributed by atoms with van der Waals surface area (Å²) >= 11 is 9.07. The Morgan fingerprint density at radius 2 is 1.76 bits per heavy atom. The Morgan fingerprint density at radius 3 is 2.48 bits per heavy atom. The minimum absolute atomic E-state index is 0.417. The van der Waals surface area contributed by atoms with Gasteiger partial charge in [-0.15, -0.1) is 0 Å². The second-order valence-corrected chi connectivity index (χ2v) is 5.31. The number of rotatable bonds is 2. The molecule has 0 radical (unpaired) electrons. The molecule has 0 unspecified atom stereocenters. The third-order valence-electron chi connectivity index (χ3n) is 2.49. The summed E-state index contributed by atoms with van der Waals surface area (Å²) in [6.07, 6.45) is 0. The first-order chi connectivity index (χ1) is 10.1. The number of carbonyl (C=O) groups excluding carboxylic acids is 2. The van der Waals surface area contributed by atoms with Crippen molar-refractivity contribution in [3.05, 3.63) is 63.6 Å². The van der Waals surface area contributed by atoms with Gasteiger partial charge in [0.2, 0.25) is 0 Å². The summed E-state index contributed by atoms with van der Waals surface area (Å²) in [5, 5.41) is 3.05. The molecule has 0 atom stereocenters. The standard InChI is InChI=1S/C14H11BrClN3O2/c15-12-7-2-1-6-11(12)13(20)18-19-14(21)17-10-5-3-4-9(16)8-10/h1-8H,(H,18,20)(H2,17,19,21). The van der Waals surface area contributed by atoms with E-state index in [1.165, 1.54) is 0 Å². The quantitative estimate of drug-likeness (QED) is 0.709. The molecule has 0 saturated carbocycles. The molecule has 0 bridgehead atoms. The van der Waals surface area contributed by atoms with Gasteiger partial charge in [-0.25, -0.2) is 10.2 Å². The number of anilines is 1. The van der Waals surface area contributed by atoms with Gasteiger partial charge >= 0.3 is 6.03 Å². The van der Waals surface area contributed by atoms with Crippen molar-refractivity contribution < 1.29 is 9.59 Å². The molecule has 5 nitrogen and oxygen atoms in total. The van der Waals surface area contributed by atoms with E-state index < -0.39 is 11.9 Å². The van der Waals surface area contributed by atoms with E-state index in [-0.39, 0.29) is 0 Å². The molecule has 3 N–H and O–H groups in total. The van der Waals surface area contributed by atoms with Crippen LogP contribution < -0.4 is 16.2 Å². The van der Waals surface area contributed by atoms with E-state index in [1.54, 1.807) is 48.5 Å². The fraction of sp³-hybridized carbons (Fsp3) is 0. The molecule has 0 aliphatic carbocycles. The normalized spacial score (nSPS) is 9.81. The number of hydrazine groups is 1. The van der Waals surface area contributed by atoms with Crippen LogP contribution in [0, 0.1) is 0 Å². The van der Waals surface area contributed by atoms with Crippen molar-refractivity contribution >= 4 is 45.2 Å². The molecule has 0 fully saturated rings. The van der Waals surface area contributed by atoms with Gasteiger partial charge in [0.05, 0.1) is 5.56 Å². The lowest BCUT2D eigenvalue weighted by Crippen LogP contribution is -2.44. The highest BCUT2D eigenvalue weighted by atomic mass is 79.9. The van der Waals surface area contributed by atoms with Gasteiger partial charge in [-0.2, -0.15) is 0 Å². The largest absolute Gasteiger partial charge is 0.337 e. The number of benzene rings is 2. The third-order valence-corrected chi connectivity index (χ3v) is 3.42. The topological polar surface area (TPSA) is 70.2 Å². The van der Waals surface area contributed by atoms with Gasteiger partial charge in [0, 0.05) is 15.2 Å². The number of hydrogen-bond donors (Lipinski definition) is 3. The number of urea groups is 1. The maximum atomic E-state index is 11.9. The second-order valence-electron chi connectivity index (χ2n) is 4.02. The van der Waals surface area contributed by atoms with Crippen LogP contribution in [-0.2, 0) is 0 Å². The molecule has 2 aromatic carbocycles. The van der Waals surface area contributed by atoms with Crippen molar-refractivity contribution in [2.24, 2.45) is 0 Å². The van der Waals surface area contributed by atoms with Crippen LogP contribution in [0.3, 0.4) is 0 Å². The molecule has 0 aromatic heterocycles. The fourth-order valence-corrected chi connectivity index (χ4v) is 2.21. The molecule has 0 saturated heterocycles. The lowest BCUT2D eigenvalue weighted by Gasteiger charge is -2.10. The summed E-state index contributed by atoms with van der Waals surface area (Å²) in [6.45, 7) is 0. The number of halogens is 2. The highest BCUT2D eigenvalue weighted by molar-refractivity contribution is 9.10. The van der Waals surface area contributed by atoms with E-state index in [4.69, 9.17) is 11.6 Å². The SMILES string of the molecule is O=C(NNC(=O)c1ccccc1Br)Nc1cccc(Cl)c1. The zero-order chi connectivity index (χ0) is 15.2. The van der Waals surface area contributed by atoms with Crippen LogP contribution in [0.1, 0.15) is 10.4 Å². The van der Waals surface area contributed by atoms with Crippen molar-refractivity contribution in [2.75, 3.05) is 5.32 Å².